The second-order valence-corrected chi connectivity index (χ2v) is 9.86. The second-order valence-electron chi connectivity index (χ2n) is 8.99. The van der Waals surface area contributed by atoms with Gasteiger partial charge in [0.25, 0.3) is 5.91 Å². The average molecular weight is 514 g/mol. The first-order chi connectivity index (χ1) is 17.4. The molecular weight excluding hydrogens is 474 g/mol. The zero-order valence-corrected chi connectivity index (χ0v) is 23.1. The molecule has 0 aromatic heterocycles. The van der Waals surface area contributed by atoms with Crippen LogP contribution in [0.25, 0.3) is 0 Å². The van der Waals surface area contributed by atoms with Crippen LogP contribution >= 0.6 is 11.8 Å². The number of hydrogen-bond donors (Lipinski definition) is 1. The van der Waals surface area contributed by atoms with Gasteiger partial charge in [0.05, 0.1) is 26.2 Å². The van der Waals surface area contributed by atoms with Gasteiger partial charge in [0.15, 0.2) is 11.5 Å². The molecule has 7 nitrogen and oxygen atoms in total. The van der Waals surface area contributed by atoms with E-state index in [4.69, 9.17) is 9.47 Å². The van der Waals surface area contributed by atoms with E-state index in [0.717, 1.165) is 42.9 Å². The minimum Gasteiger partial charge on any atom is -0.493 e. The largest absolute Gasteiger partial charge is 0.493 e. The fraction of sp³-hybridized carbons (Fsp3) is 0.500. The molecule has 196 valence electrons. The molecule has 2 atom stereocenters. The molecular formula is C28H39N3O4S. The van der Waals surface area contributed by atoms with E-state index in [-0.39, 0.29) is 11.8 Å². The lowest BCUT2D eigenvalue weighted by molar-refractivity contribution is -0.124. The van der Waals surface area contributed by atoms with Crippen molar-refractivity contribution in [3.05, 3.63) is 53.1 Å². The molecule has 1 N–H and O–H groups in total. The summed E-state index contributed by atoms with van der Waals surface area (Å²) < 4.78 is 11.0. The topological polar surface area (TPSA) is 71.1 Å². The van der Waals surface area contributed by atoms with Gasteiger partial charge in [-0.05, 0) is 61.2 Å². The Hall–Kier alpha value is -2.71. The molecule has 0 spiro atoms. The molecule has 0 saturated carbocycles. The van der Waals surface area contributed by atoms with Crippen LogP contribution in [0, 0.1) is 0 Å². The van der Waals surface area contributed by atoms with E-state index in [2.05, 4.69) is 24.1 Å². The number of nitrogens with one attached hydrogen (secondary N) is 1. The number of thioether (sulfide) groups is 1. The lowest BCUT2D eigenvalue weighted by Crippen LogP contribution is -2.46. The summed E-state index contributed by atoms with van der Waals surface area (Å²) in [5.41, 5.74) is 2.04. The van der Waals surface area contributed by atoms with Gasteiger partial charge in [-0.15, -0.1) is 11.8 Å². The van der Waals surface area contributed by atoms with E-state index in [0.29, 0.717) is 29.2 Å². The Balaban J connectivity index is 1.99. The van der Waals surface area contributed by atoms with E-state index in [1.54, 1.807) is 50.1 Å². The predicted molar refractivity (Wildman–Crippen MR) is 145 cm³/mol. The van der Waals surface area contributed by atoms with Crippen molar-refractivity contribution in [3.63, 3.8) is 0 Å². The van der Waals surface area contributed by atoms with Crippen molar-refractivity contribution in [3.8, 4) is 11.5 Å². The quantitative estimate of drug-likeness (QED) is 0.419. The van der Waals surface area contributed by atoms with Crippen LogP contribution in [0.4, 0.5) is 0 Å². The van der Waals surface area contributed by atoms with E-state index >= 15 is 0 Å². The SMILES string of the molecule is CCCCN(CC)CCNC(=O)C1c2cc(OC)c(OC)cc2C(=O)N(C)C1c1ccc(SC)cc1. The Kier molecular flexibility index (Phi) is 10.1. The smallest absolute Gasteiger partial charge is 0.254 e. The third kappa shape index (κ3) is 5.98. The molecule has 0 bridgehead atoms. The number of methoxy groups -OCH3 is 2. The summed E-state index contributed by atoms with van der Waals surface area (Å²) in [7, 11) is 4.86. The molecule has 0 fully saturated rings. The number of nitrogens with zero attached hydrogens (tertiary/aromatic N) is 2. The Bertz CT molecular complexity index is 1040. The van der Waals surface area contributed by atoms with Crippen molar-refractivity contribution in [1.29, 1.82) is 0 Å². The maximum Gasteiger partial charge on any atom is 0.254 e. The average Bonchev–Trinajstić information content (AvgIpc) is 2.91. The van der Waals surface area contributed by atoms with Gasteiger partial charge in [0.2, 0.25) is 5.91 Å². The zero-order chi connectivity index (χ0) is 26.2. The summed E-state index contributed by atoms with van der Waals surface area (Å²) in [5.74, 6) is 0.126. The van der Waals surface area contributed by atoms with Crippen LogP contribution in [0.15, 0.2) is 41.3 Å². The van der Waals surface area contributed by atoms with Crippen molar-refractivity contribution in [1.82, 2.24) is 15.1 Å². The van der Waals surface area contributed by atoms with Crippen molar-refractivity contribution >= 4 is 23.6 Å². The summed E-state index contributed by atoms with van der Waals surface area (Å²) in [5, 5.41) is 3.16. The molecule has 0 radical (unpaired) electrons. The Morgan fingerprint density at radius 1 is 1.08 bits per heavy atom. The summed E-state index contributed by atoms with van der Waals surface area (Å²) >= 11 is 1.66. The third-order valence-electron chi connectivity index (χ3n) is 6.92. The number of likely N-dealkylation sites (N-methyl/N-ethyl adjacent to an activating group) is 2. The minimum absolute atomic E-state index is 0.103. The molecule has 2 unspecified atom stereocenters. The van der Waals surface area contributed by atoms with Crippen molar-refractivity contribution in [2.45, 2.75) is 43.5 Å². The van der Waals surface area contributed by atoms with Crippen molar-refractivity contribution < 1.29 is 19.1 Å². The van der Waals surface area contributed by atoms with Crippen LogP contribution in [-0.4, -0.2) is 75.3 Å². The van der Waals surface area contributed by atoms with Gasteiger partial charge in [-0.2, -0.15) is 0 Å². The standard InChI is InChI=1S/C28H39N3O4S/c1-7-9-15-31(8-2)16-14-29-27(32)25-21-17-23(34-4)24(35-5)18-22(21)28(33)30(3)26(25)19-10-12-20(36-6)13-11-19/h10-13,17-18,25-26H,7-9,14-16H2,1-6H3,(H,29,32). The van der Waals surface area contributed by atoms with Crippen LogP contribution in [0.2, 0.25) is 0 Å². The highest BCUT2D eigenvalue weighted by molar-refractivity contribution is 7.98. The van der Waals surface area contributed by atoms with Crippen molar-refractivity contribution in [2.75, 3.05) is 53.7 Å². The van der Waals surface area contributed by atoms with Crippen LogP contribution in [0.5, 0.6) is 11.5 Å². The number of fused-ring (bicyclic) bond motifs is 1. The molecule has 8 heteroatoms. The van der Waals surface area contributed by atoms with Gasteiger partial charge in [-0.3, -0.25) is 9.59 Å². The third-order valence-corrected chi connectivity index (χ3v) is 7.66. The highest BCUT2D eigenvalue weighted by atomic mass is 32.2. The molecule has 3 rings (SSSR count). The molecule has 36 heavy (non-hydrogen) atoms. The number of amides is 2. The summed E-state index contributed by atoms with van der Waals surface area (Å²) in [6.07, 6.45) is 4.31. The first kappa shape index (κ1) is 27.9. The Morgan fingerprint density at radius 3 is 2.33 bits per heavy atom. The first-order valence-corrected chi connectivity index (χ1v) is 13.8. The van der Waals surface area contributed by atoms with Crippen LogP contribution < -0.4 is 14.8 Å². The number of rotatable bonds is 12. The van der Waals surface area contributed by atoms with Gasteiger partial charge in [-0.1, -0.05) is 32.4 Å². The lowest BCUT2D eigenvalue weighted by atomic mass is 9.79. The maximum atomic E-state index is 13.8. The number of ether oxygens (including phenoxy) is 2. The minimum atomic E-state index is -0.589. The summed E-state index contributed by atoms with van der Waals surface area (Å²) in [4.78, 5) is 32.5. The van der Waals surface area contributed by atoms with Gasteiger partial charge < -0.3 is 24.6 Å². The number of hydrogen-bond acceptors (Lipinski definition) is 6. The molecule has 1 aliphatic heterocycles. The molecule has 2 aromatic rings. The monoisotopic (exact) mass is 513 g/mol. The molecule has 1 heterocycles. The highest BCUT2D eigenvalue weighted by Gasteiger charge is 2.43. The van der Waals surface area contributed by atoms with E-state index in [1.807, 2.05) is 30.5 Å². The molecule has 0 aliphatic carbocycles. The van der Waals surface area contributed by atoms with Crippen molar-refractivity contribution in [2.24, 2.45) is 0 Å². The number of unbranched alkanes of at least 4 members (excludes halogenated alkanes) is 1. The number of carbonyl (C=O) groups is 2. The molecule has 2 amide bonds. The summed E-state index contributed by atoms with van der Waals surface area (Å²) in [6, 6.07) is 11.1. The molecule has 2 aromatic carbocycles. The van der Waals surface area contributed by atoms with Gasteiger partial charge in [-0.25, -0.2) is 0 Å². The normalized spacial score (nSPS) is 17.2. The maximum absolute atomic E-state index is 13.8. The van der Waals surface area contributed by atoms with Gasteiger partial charge in [0.1, 0.15) is 0 Å². The summed E-state index contributed by atoms with van der Waals surface area (Å²) in [6.45, 7) is 7.63. The second kappa shape index (κ2) is 13.0. The fourth-order valence-corrected chi connectivity index (χ4v) is 5.21. The highest BCUT2D eigenvalue weighted by Crippen LogP contribution is 2.45. The van der Waals surface area contributed by atoms with E-state index < -0.39 is 12.0 Å². The molecule has 0 saturated heterocycles. The van der Waals surface area contributed by atoms with E-state index in [9.17, 15) is 9.59 Å². The fourth-order valence-electron chi connectivity index (χ4n) is 4.81. The van der Waals surface area contributed by atoms with Crippen LogP contribution in [-0.2, 0) is 4.79 Å². The van der Waals surface area contributed by atoms with Gasteiger partial charge in [0, 0.05) is 30.6 Å². The zero-order valence-electron chi connectivity index (χ0n) is 22.3. The molecule has 1 aliphatic rings. The Labute approximate surface area is 219 Å². The Morgan fingerprint density at radius 2 is 1.75 bits per heavy atom. The predicted octanol–water partition coefficient (Wildman–Crippen LogP) is 4.57. The van der Waals surface area contributed by atoms with Gasteiger partial charge >= 0.3 is 0 Å². The first-order valence-electron chi connectivity index (χ1n) is 12.6. The lowest BCUT2D eigenvalue weighted by Gasteiger charge is -2.40. The number of benzene rings is 2. The number of carbonyl (C=O) groups excluding carboxylic acids is 2. The van der Waals surface area contributed by atoms with E-state index in [1.165, 1.54) is 0 Å². The van der Waals surface area contributed by atoms with Crippen LogP contribution in [0.1, 0.15) is 60.1 Å². The van der Waals surface area contributed by atoms with Crippen LogP contribution in [0.3, 0.4) is 0 Å².